The van der Waals surface area contributed by atoms with Gasteiger partial charge in [-0.1, -0.05) is 17.7 Å². The third kappa shape index (κ3) is 4.12. The molecule has 6 heteroatoms. The highest BCUT2D eigenvalue weighted by molar-refractivity contribution is 7.87. The summed E-state index contributed by atoms with van der Waals surface area (Å²) in [6.07, 6.45) is 0. The first kappa shape index (κ1) is 15.7. The van der Waals surface area contributed by atoms with Crippen LogP contribution in [0.1, 0.15) is 12.5 Å². The van der Waals surface area contributed by atoms with Crippen LogP contribution >= 0.6 is 11.6 Å². The zero-order valence-corrected chi connectivity index (χ0v) is 13.2. The Hall–Kier alpha value is -1.72. The Morgan fingerprint density at radius 2 is 1.81 bits per heavy atom. The summed E-state index contributed by atoms with van der Waals surface area (Å²) >= 11 is 5.81. The number of hydrogen-bond donors (Lipinski definition) is 0. The van der Waals surface area contributed by atoms with Crippen LogP contribution in [-0.4, -0.2) is 15.0 Å². The van der Waals surface area contributed by atoms with Gasteiger partial charge in [0, 0.05) is 11.1 Å². The van der Waals surface area contributed by atoms with Crippen molar-refractivity contribution in [3.8, 4) is 11.5 Å². The molecule has 0 radical (unpaired) electrons. The lowest BCUT2D eigenvalue weighted by atomic mass is 10.2. The summed E-state index contributed by atoms with van der Waals surface area (Å²) in [6, 6.07) is 10.9. The molecule has 0 fully saturated rings. The molecule has 2 rings (SSSR count). The fourth-order valence-corrected chi connectivity index (χ4v) is 3.03. The van der Waals surface area contributed by atoms with Gasteiger partial charge in [-0.3, -0.25) is 0 Å². The maximum absolute atomic E-state index is 12.2. The number of hydrogen-bond acceptors (Lipinski definition) is 4. The first-order chi connectivity index (χ1) is 9.90. The second-order valence-electron chi connectivity index (χ2n) is 4.41. The molecule has 0 saturated carbocycles. The molecule has 0 spiro atoms. The SMILES string of the molecule is CCOc1cc(C)cc(OS(=O)(=O)c2cccc(Cl)c2)c1. The lowest BCUT2D eigenvalue weighted by molar-refractivity contribution is 0.338. The third-order valence-electron chi connectivity index (χ3n) is 2.63. The molecule has 0 aliphatic rings. The predicted molar refractivity (Wildman–Crippen MR) is 81.6 cm³/mol. The largest absolute Gasteiger partial charge is 0.494 e. The Morgan fingerprint density at radius 3 is 2.48 bits per heavy atom. The Balaban J connectivity index is 2.32. The minimum absolute atomic E-state index is 0.00876. The van der Waals surface area contributed by atoms with Gasteiger partial charge in [-0.2, -0.15) is 8.42 Å². The average molecular weight is 327 g/mol. The Morgan fingerprint density at radius 1 is 1.10 bits per heavy atom. The van der Waals surface area contributed by atoms with Crippen molar-refractivity contribution < 1.29 is 17.3 Å². The number of aryl methyl sites for hydroxylation is 1. The van der Waals surface area contributed by atoms with E-state index in [9.17, 15) is 8.42 Å². The van der Waals surface area contributed by atoms with Gasteiger partial charge in [-0.05, 0) is 49.7 Å². The lowest BCUT2D eigenvalue weighted by Crippen LogP contribution is -2.10. The van der Waals surface area contributed by atoms with Crippen molar-refractivity contribution >= 4 is 21.7 Å². The summed E-state index contributed by atoms with van der Waals surface area (Å²) in [7, 11) is -3.92. The van der Waals surface area contributed by atoms with Gasteiger partial charge in [-0.15, -0.1) is 0 Å². The monoisotopic (exact) mass is 326 g/mol. The molecule has 0 saturated heterocycles. The van der Waals surface area contributed by atoms with Crippen LogP contribution in [0.25, 0.3) is 0 Å². The van der Waals surface area contributed by atoms with Gasteiger partial charge >= 0.3 is 10.1 Å². The summed E-state index contributed by atoms with van der Waals surface area (Å²) < 4.78 is 34.9. The highest BCUT2D eigenvalue weighted by Crippen LogP contribution is 2.26. The van der Waals surface area contributed by atoms with E-state index in [1.54, 1.807) is 24.3 Å². The molecule has 0 aliphatic heterocycles. The van der Waals surface area contributed by atoms with Gasteiger partial charge in [0.25, 0.3) is 0 Å². The van der Waals surface area contributed by atoms with E-state index in [0.717, 1.165) is 5.56 Å². The van der Waals surface area contributed by atoms with Gasteiger partial charge < -0.3 is 8.92 Å². The standard InChI is InChI=1S/C15H15ClO4S/c1-3-19-13-7-11(2)8-14(10-13)20-21(17,18)15-6-4-5-12(16)9-15/h4-10H,3H2,1-2H3. The molecular formula is C15H15ClO4S. The number of rotatable bonds is 5. The zero-order valence-electron chi connectivity index (χ0n) is 11.7. The van der Waals surface area contributed by atoms with Crippen molar-refractivity contribution in [2.45, 2.75) is 18.7 Å². The molecule has 0 N–H and O–H groups in total. The Labute approximate surface area is 129 Å². The van der Waals surface area contributed by atoms with Gasteiger partial charge in [0.2, 0.25) is 0 Å². The summed E-state index contributed by atoms with van der Waals surface area (Å²) in [4.78, 5) is 0.00876. The number of ether oxygens (including phenoxy) is 1. The molecule has 112 valence electrons. The molecule has 4 nitrogen and oxygen atoms in total. The molecular weight excluding hydrogens is 312 g/mol. The molecule has 0 atom stereocenters. The summed E-state index contributed by atoms with van der Waals surface area (Å²) in [5.41, 5.74) is 0.845. The minimum atomic E-state index is -3.92. The first-order valence-electron chi connectivity index (χ1n) is 6.35. The van der Waals surface area contributed by atoms with E-state index in [1.165, 1.54) is 12.1 Å². The second-order valence-corrected chi connectivity index (χ2v) is 6.39. The van der Waals surface area contributed by atoms with Gasteiger partial charge in [0.05, 0.1) is 6.61 Å². The van der Waals surface area contributed by atoms with Crippen LogP contribution in [0.15, 0.2) is 47.4 Å². The van der Waals surface area contributed by atoms with Crippen LogP contribution in [0.3, 0.4) is 0 Å². The van der Waals surface area contributed by atoms with Crippen molar-refractivity contribution in [3.63, 3.8) is 0 Å². The van der Waals surface area contributed by atoms with Crippen LogP contribution in [0.4, 0.5) is 0 Å². The van der Waals surface area contributed by atoms with Crippen LogP contribution in [0, 0.1) is 6.92 Å². The summed E-state index contributed by atoms with van der Waals surface area (Å²) in [5, 5.41) is 0.332. The van der Waals surface area contributed by atoms with E-state index in [-0.39, 0.29) is 10.6 Å². The van der Waals surface area contributed by atoms with Crippen molar-refractivity contribution in [1.29, 1.82) is 0 Å². The van der Waals surface area contributed by atoms with E-state index >= 15 is 0 Å². The normalized spacial score (nSPS) is 11.2. The second kappa shape index (κ2) is 6.37. The Bertz CT molecular complexity index is 741. The smallest absolute Gasteiger partial charge is 0.339 e. The van der Waals surface area contributed by atoms with E-state index in [2.05, 4.69) is 0 Å². The molecule has 0 aromatic heterocycles. The third-order valence-corrected chi connectivity index (χ3v) is 4.10. The van der Waals surface area contributed by atoms with Crippen molar-refractivity contribution in [2.24, 2.45) is 0 Å². The Kier molecular flexibility index (Phi) is 4.75. The predicted octanol–water partition coefficient (Wildman–Crippen LogP) is 3.81. The molecule has 0 aliphatic carbocycles. The van der Waals surface area contributed by atoms with E-state index < -0.39 is 10.1 Å². The molecule has 0 bridgehead atoms. The quantitative estimate of drug-likeness (QED) is 0.784. The van der Waals surface area contributed by atoms with Crippen molar-refractivity contribution in [2.75, 3.05) is 6.61 Å². The molecule has 2 aromatic carbocycles. The van der Waals surface area contributed by atoms with E-state index in [0.29, 0.717) is 17.4 Å². The maximum Gasteiger partial charge on any atom is 0.339 e. The number of benzene rings is 2. The van der Waals surface area contributed by atoms with Crippen LogP contribution < -0.4 is 8.92 Å². The first-order valence-corrected chi connectivity index (χ1v) is 8.14. The van der Waals surface area contributed by atoms with E-state index in [1.807, 2.05) is 19.9 Å². The van der Waals surface area contributed by atoms with Crippen LogP contribution in [0.5, 0.6) is 11.5 Å². The van der Waals surface area contributed by atoms with Crippen LogP contribution in [-0.2, 0) is 10.1 Å². The average Bonchev–Trinajstić information content (AvgIpc) is 2.37. The van der Waals surface area contributed by atoms with E-state index in [4.69, 9.17) is 20.5 Å². The molecule has 21 heavy (non-hydrogen) atoms. The fourth-order valence-electron chi connectivity index (χ4n) is 1.81. The van der Waals surface area contributed by atoms with Crippen molar-refractivity contribution in [1.82, 2.24) is 0 Å². The highest BCUT2D eigenvalue weighted by Gasteiger charge is 2.17. The molecule has 0 amide bonds. The zero-order chi connectivity index (χ0) is 15.5. The van der Waals surface area contributed by atoms with Crippen LogP contribution in [0.2, 0.25) is 5.02 Å². The number of halogens is 1. The molecule has 2 aromatic rings. The van der Waals surface area contributed by atoms with Gasteiger partial charge in [-0.25, -0.2) is 0 Å². The van der Waals surface area contributed by atoms with Gasteiger partial charge in [0.15, 0.2) is 0 Å². The fraction of sp³-hybridized carbons (Fsp3) is 0.200. The maximum atomic E-state index is 12.2. The topological polar surface area (TPSA) is 52.6 Å². The van der Waals surface area contributed by atoms with Crippen molar-refractivity contribution in [3.05, 3.63) is 53.1 Å². The van der Waals surface area contributed by atoms with Gasteiger partial charge in [0.1, 0.15) is 16.4 Å². The minimum Gasteiger partial charge on any atom is -0.494 e. The summed E-state index contributed by atoms with van der Waals surface area (Å²) in [5.74, 6) is 0.771. The summed E-state index contributed by atoms with van der Waals surface area (Å²) in [6.45, 7) is 4.18. The highest BCUT2D eigenvalue weighted by atomic mass is 35.5. The molecule has 0 unspecified atom stereocenters. The lowest BCUT2D eigenvalue weighted by Gasteiger charge is -2.10. The molecule has 0 heterocycles.